The van der Waals surface area contributed by atoms with Crippen LogP contribution in [0.25, 0.3) is 0 Å². The van der Waals surface area contributed by atoms with E-state index in [1.54, 1.807) is 0 Å². The van der Waals surface area contributed by atoms with Gasteiger partial charge in [-0.15, -0.1) is 0 Å². The van der Waals surface area contributed by atoms with Crippen LogP contribution < -0.4 is 10.1 Å². The maximum Gasteiger partial charge on any atom is 0.150 e. The summed E-state index contributed by atoms with van der Waals surface area (Å²) in [6.45, 7) is 4.86. The van der Waals surface area contributed by atoms with Crippen molar-refractivity contribution in [2.75, 3.05) is 18.1 Å². The Labute approximate surface area is 120 Å². The van der Waals surface area contributed by atoms with E-state index in [0.29, 0.717) is 11.5 Å². The van der Waals surface area contributed by atoms with Crippen molar-refractivity contribution >= 4 is 9.84 Å². The highest BCUT2D eigenvalue weighted by atomic mass is 32.2. The number of sulfone groups is 1. The maximum atomic E-state index is 11.5. The van der Waals surface area contributed by atoms with Gasteiger partial charge in [-0.1, -0.05) is 18.2 Å². The summed E-state index contributed by atoms with van der Waals surface area (Å²) in [5.74, 6) is 1.80. The maximum absolute atomic E-state index is 11.5. The topological polar surface area (TPSA) is 55.4 Å². The van der Waals surface area contributed by atoms with Gasteiger partial charge in [0.1, 0.15) is 11.4 Å². The normalized spacial score (nSPS) is 29.9. The molecule has 20 heavy (non-hydrogen) atoms. The molecule has 1 N–H and O–H groups in total. The van der Waals surface area contributed by atoms with Gasteiger partial charge in [0.2, 0.25) is 0 Å². The average Bonchev–Trinajstić information content (AvgIpc) is 2.82. The molecule has 0 saturated carbocycles. The summed E-state index contributed by atoms with van der Waals surface area (Å²) in [5, 5.41) is 3.52. The number of hydrogen-bond donors (Lipinski definition) is 1. The Bertz CT molecular complexity index is 609. The zero-order valence-electron chi connectivity index (χ0n) is 11.9. The molecule has 0 amide bonds. The lowest BCUT2D eigenvalue weighted by molar-refractivity contribution is 0.0950. The highest BCUT2D eigenvalue weighted by Gasteiger charge is 2.41. The molecule has 2 aliphatic rings. The Hall–Kier alpha value is -1.07. The molecule has 0 bridgehead atoms. The van der Waals surface area contributed by atoms with Crippen LogP contribution in [0.15, 0.2) is 24.3 Å². The number of hydrogen-bond acceptors (Lipinski definition) is 4. The second-order valence-electron chi connectivity index (χ2n) is 6.35. The largest absolute Gasteiger partial charge is 0.486 e. The third kappa shape index (κ3) is 2.56. The molecule has 0 spiro atoms. The van der Waals surface area contributed by atoms with Crippen LogP contribution in [0.1, 0.15) is 31.9 Å². The number of rotatable bonds is 3. The van der Waals surface area contributed by atoms with Crippen LogP contribution in [-0.4, -0.2) is 32.1 Å². The molecule has 0 aromatic heterocycles. The lowest BCUT2D eigenvalue weighted by Gasteiger charge is -2.28. The van der Waals surface area contributed by atoms with Crippen LogP contribution in [0.2, 0.25) is 0 Å². The fraction of sp³-hybridized carbons (Fsp3) is 0.600. The Balaban J connectivity index is 1.71. The Morgan fingerprint density at radius 3 is 2.80 bits per heavy atom. The van der Waals surface area contributed by atoms with E-state index in [9.17, 15) is 8.42 Å². The molecule has 110 valence electrons. The second kappa shape index (κ2) is 4.74. The molecular weight excluding hydrogens is 274 g/mol. The standard InChI is InChI=1S/C15H21NO3S/c1-15(2)14(12-5-3-4-6-13(12)19-15)16-9-11-7-8-20(17,18)10-11/h3-6,11,14,16H,7-10H2,1-2H3. The van der Waals surface area contributed by atoms with Crippen molar-refractivity contribution in [2.45, 2.75) is 31.9 Å². The van der Waals surface area contributed by atoms with Crippen molar-refractivity contribution < 1.29 is 13.2 Å². The molecule has 1 aromatic rings. The van der Waals surface area contributed by atoms with E-state index in [0.717, 1.165) is 18.7 Å². The van der Waals surface area contributed by atoms with Crippen LogP contribution >= 0.6 is 0 Å². The van der Waals surface area contributed by atoms with E-state index in [-0.39, 0.29) is 17.6 Å². The zero-order valence-corrected chi connectivity index (χ0v) is 12.7. The molecule has 4 nitrogen and oxygen atoms in total. The van der Waals surface area contributed by atoms with E-state index >= 15 is 0 Å². The molecule has 2 heterocycles. The minimum absolute atomic E-state index is 0.113. The number of ether oxygens (including phenoxy) is 1. The second-order valence-corrected chi connectivity index (χ2v) is 8.58. The molecule has 5 heteroatoms. The highest BCUT2D eigenvalue weighted by molar-refractivity contribution is 7.91. The van der Waals surface area contributed by atoms with Gasteiger partial charge in [0.25, 0.3) is 0 Å². The average molecular weight is 295 g/mol. The molecule has 2 aliphatic heterocycles. The first-order chi connectivity index (χ1) is 9.37. The number of benzene rings is 1. The van der Waals surface area contributed by atoms with Gasteiger partial charge in [0, 0.05) is 5.56 Å². The van der Waals surface area contributed by atoms with E-state index in [4.69, 9.17) is 4.74 Å². The van der Waals surface area contributed by atoms with Crippen molar-refractivity contribution in [1.29, 1.82) is 0 Å². The Kier molecular flexibility index (Phi) is 3.29. The van der Waals surface area contributed by atoms with E-state index in [1.165, 1.54) is 5.56 Å². The van der Waals surface area contributed by atoms with Gasteiger partial charge < -0.3 is 10.1 Å². The van der Waals surface area contributed by atoms with Crippen molar-refractivity contribution in [2.24, 2.45) is 5.92 Å². The lowest BCUT2D eigenvalue weighted by atomic mass is 9.94. The summed E-state index contributed by atoms with van der Waals surface area (Å²) in [7, 11) is -2.80. The zero-order chi connectivity index (χ0) is 14.4. The molecule has 1 fully saturated rings. The van der Waals surface area contributed by atoms with Gasteiger partial charge in [-0.05, 0) is 38.8 Å². The first-order valence-corrected chi connectivity index (χ1v) is 8.91. The summed E-state index contributed by atoms with van der Waals surface area (Å²) >= 11 is 0. The van der Waals surface area contributed by atoms with Crippen molar-refractivity contribution in [3.63, 3.8) is 0 Å². The third-order valence-corrected chi connectivity index (χ3v) is 6.07. The van der Waals surface area contributed by atoms with Crippen molar-refractivity contribution in [1.82, 2.24) is 5.32 Å². The summed E-state index contributed by atoms with van der Waals surface area (Å²) in [6.07, 6.45) is 0.769. The van der Waals surface area contributed by atoms with E-state index < -0.39 is 9.84 Å². The predicted molar refractivity (Wildman–Crippen MR) is 78.7 cm³/mol. The highest BCUT2D eigenvalue weighted by Crippen LogP contribution is 2.42. The van der Waals surface area contributed by atoms with Crippen LogP contribution in [0.4, 0.5) is 0 Å². The third-order valence-electron chi connectivity index (χ3n) is 4.24. The van der Waals surface area contributed by atoms with Crippen LogP contribution in [0.5, 0.6) is 5.75 Å². The van der Waals surface area contributed by atoms with Crippen LogP contribution in [0.3, 0.4) is 0 Å². The molecule has 0 radical (unpaired) electrons. The fourth-order valence-corrected chi connectivity index (χ4v) is 5.06. The smallest absolute Gasteiger partial charge is 0.150 e. The van der Waals surface area contributed by atoms with Gasteiger partial charge in [0.15, 0.2) is 9.84 Å². The number of nitrogens with one attached hydrogen (secondary N) is 1. The molecular formula is C15H21NO3S. The first-order valence-electron chi connectivity index (χ1n) is 7.09. The van der Waals surface area contributed by atoms with E-state index in [2.05, 4.69) is 25.2 Å². The minimum atomic E-state index is -2.80. The summed E-state index contributed by atoms with van der Waals surface area (Å²) in [4.78, 5) is 0. The van der Waals surface area contributed by atoms with Crippen LogP contribution in [-0.2, 0) is 9.84 Å². The summed E-state index contributed by atoms with van der Waals surface area (Å²) < 4.78 is 29.0. The molecule has 2 atom stereocenters. The van der Waals surface area contributed by atoms with Gasteiger partial charge in [-0.2, -0.15) is 0 Å². The molecule has 3 rings (SSSR count). The van der Waals surface area contributed by atoms with Gasteiger partial charge in [0.05, 0.1) is 17.5 Å². The Morgan fingerprint density at radius 1 is 1.35 bits per heavy atom. The van der Waals surface area contributed by atoms with Gasteiger partial charge in [-0.25, -0.2) is 8.42 Å². The SMILES string of the molecule is CC1(C)Oc2ccccc2C1NCC1CCS(=O)(=O)C1. The Morgan fingerprint density at radius 2 is 2.10 bits per heavy atom. The van der Waals surface area contributed by atoms with Gasteiger partial charge >= 0.3 is 0 Å². The van der Waals surface area contributed by atoms with Gasteiger partial charge in [-0.3, -0.25) is 0 Å². The quantitative estimate of drug-likeness (QED) is 0.925. The molecule has 0 aliphatic carbocycles. The van der Waals surface area contributed by atoms with Crippen molar-refractivity contribution in [3.05, 3.63) is 29.8 Å². The van der Waals surface area contributed by atoms with E-state index in [1.807, 2.05) is 18.2 Å². The minimum Gasteiger partial charge on any atom is -0.486 e. The number of para-hydroxylation sites is 1. The summed E-state index contributed by atoms with van der Waals surface area (Å²) in [6, 6.07) is 8.16. The van der Waals surface area contributed by atoms with Crippen LogP contribution in [0, 0.1) is 5.92 Å². The predicted octanol–water partition coefficient (Wildman–Crippen LogP) is 1.92. The number of fused-ring (bicyclic) bond motifs is 1. The monoisotopic (exact) mass is 295 g/mol. The molecule has 1 saturated heterocycles. The molecule has 2 unspecified atom stereocenters. The van der Waals surface area contributed by atoms with Crippen molar-refractivity contribution in [3.8, 4) is 5.75 Å². The molecule has 1 aromatic carbocycles. The lowest BCUT2D eigenvalue weighted by Crippen LogP contribution is -2.41. The first kappa shape index (κ1) is 13.9. The summed E-state index contributed by atoms with van der Waals surface area (Å²) in [5.41, 5.74) is 0.861. The fourth-order valence-electron chi connectivity index (χ4n) is 3.20.